The van der Waals surface area contributed by atoms with Crippen molar-refractivity contribution >= 4 is 29.0 Å². The minimum absolute atomic E-state index is 0.0587. The number of anilines is 2. The summed E-state index contributed by atoms with van der Waals surface area (Å²) in [4.78, 5) is 24.5. The fourth-order valence-corrected chi connectivity index (χ4v) is 3.11. The van der Waals surface area contributed by atoms with Crippen LogP contribution in [0.2, 0.25) is 5.02 Å². The fourth-order valence-electron chi connectivity index (χ4n) is 2.89. The number of rotatable bonds is 5. The average Bonchev–Trinajstić information content (AvgIpc) is 3.22. The van der Waals surface area contributed by atoms with E-state index in [9.17, 15) is 18.0 Å². The Morgan fingerprint density at radius 2 is 1.68 bits per heavy atom. The van der Waals surface area contributed by atoms with E-state index < -0.39 is 22.8 Å². The second-order valence-corrected chi connectivity index (χ2v) is 7.25. The van der Waals surface area contributed by atoms with E-state index in [0.29, 0.717) is 23.0 Å². The second-order valence-electron chi connectivity index (χ2n) is 6.85. The van der Waals surface area contributed by atoms with E-state index in [4.69, 9.17) is 16.3 Å². The van der Waals surface area contributed by atoms with E-state index in [0.717, 1.165) is 12.1 Å². The van der Waals surface area contributed by atoms with Crippen LogP contribution in [-0.4, -0.2) is 30.8 Å². The molecule has 0 unspecified atom stereocenters. The first-order valence-electron chi connectivity index (χ1n) is 9.58. The lowest BCUT2D eigenvalue weighted by Crippen LogP contribution is -2.19. The van der Waals surface area contributed by atoms with E-state index in [1.54, 1.807) is 42.1 Å². The Labute approximate surface area is 195 Å². The van der Waals surface area contributed by atoms with Gasteiger partial charge in [0.15, 0.2) is 5.82 Å². The van der Waals surface area contributed by atoms with Crippen molar-refractivity contribution in [3.63, 3.8) is 0 Å². The molecule has 2 amide bonds. The summed E-state index contributed by atoms with van der Waals surface area (Å²) in [5, 5.41) is 8.40. The summed E-state index contributed by atoms with van der Waals surface area (Å²) in [7, 11) is 1.73. The van der Waals surface area contributed by atoms with Gasteiger partial charge < -0.3 is 15.4 Å². The van der Waals surface area contributed by atoms with Gasteiger partial charge in [-0.1, -0.05) is 11.6 Å². The molecule has 9 nitrogen and oxygen atoms in total. The zero-order chi connectivity index (χ0) is 24.3. The molecule has 0 radical (unpaired) electrons. The number of nitrogens with one attached hydrogen (secondary N) is 2. The van der Waals surface area contributed by atoms with Gasteiger partial charge in [-0.25, -0.2) is 24.4 Å². The summed E-state index contributed by atoms with van der Waals surface area (Å²) in [6.07, 6.45) is -1.90. The summed E-state index contributed by atoms with van der Waals surface area (Å²) in [6, 6.07) is 10.3. The van der Waals surface area contributed by atoms with Crippen molar-refractivity contribution < 1.29 is 22.7 Å². The third-order valence-corrected chi connectivity index (χ3v) is 4.78. The highest BCUT2D eigenvalue weighted by Crippen LogP contribution is 2.36. The Hall–Kier alpha value is -4.19. The van der Waals surface area contributed by atoms with Gasteiger partial charge in [0.1, 0.15) is 24.1 Å². The number of ether oxygens (including phenoxy) is 1. The Morgan fingerprint density at radius 3 is 2.35 bits per heavy atom. The molecule has 13 heteroatoms. The lowest BCUT2D eigenvalue weighted by atomic mass is 10.2. The van der Waals surface area contributed by atoms with Crippen LogP contribution in [0.1, 0.15) is 5.56 Å². The molecular weight excluding hydrogens is 475 g/mol. The Bertz CT molecular complexity index is 1330. The van der Waals surface area contributed by atoms with Crippen molar-refractivity contribution in [3.05, 3.63) is 71.8 Å². The third-order valence-electron chi connectivity index (χ3n) is 4.45. The number of nitrogens with zero attached hydrogens (tertiary/aromatic N) is 5. The Balaban J connectivity index is 1.39. The van der Waals surface area contributed by atoms with E-state index >= 15 is 0 Å². The first kappa shape index (κ1) is 23.0. The number of aryl methyl sites for hydroxylation is 1. The molecule has 2 N–H and O–H groups in total. The van der Waals surface area contributed by atoms with E-state index in [1.165, 1.54) is 18.7 Å². The molecule has 0 aliphatic carbocycles. The Morgan fingerprint density at radius 1 is 0.971 bits per heavy atom. The number of amides is 2. The molecule has 174 valence electrons. The normalized spacial score (nSPS) is 11.2. The maximum Gasteiger partial charge on any atom is 0.417 e. The van der Waals surface area contributed by atoms with Gasteiger partial charge in [0.2, 0.25) is 5.88 Å². The first-order valence-corrected chi connectivity index (χ1v) is 9.96. The molecule has 2 heterocycles. The molecular formula is C21H15ClF3N7O2. The van der Waals surface area contributed by atoms with Crippen LogP contribution in [0.4, 0.5) is 29.3 Å². The van der Waals surface area contributed by atoms with E-state index in [2.05, 4.69) is 30.7 Å². The quantitative estimate of drug-likeness (QED) is 0.390. The van der Waals surface area contributed by atoms with Crippen LogP contribution in [-0.2, 0) is 13.2 Å². The zero-order valence-corrected chi connectivity index (χ0v) is 18.1. The molecule has 0 aliphatic rings. The van der Waals surface area contributed by atoms with Crippen molar-refractivity contribution in [2.24, 2.45) is 7.05 Å². The minimum Gasteiger partial charge on any atom is -0.439 e. The van der Waals surface area contributed by atoms with Gasteiger partial charge in [-0.05, 0) is 42.5 Å². The molecule has 0 saturated carbocycles. The minimum atomic E-state index is -4.64. The number of carbonyl (C=O) groups excluding carboxylic acids is 1. The average molecular weight is 490 g/mol. The molecule has 4 aromatic rings. The first-order chi connectivity index (χ1) is 16.2. The third kappa shape index (κ3) is 5.41. The number of carbonyl (C=O) groups is 1. The topological polar surface area (TPSA) is 107 Å². The summed E-state index contributed by atoms with van der Waals surface area (Å²) in [5.41, 5.74) is -0.190. The van der Waals surface area contributed by atoms with Crippen molar-refractivity contribution in [1.82, 2.24) is 24.7 Å². The highest BCUT2D eigenvalue weighted by molar-refractivity contribution is 6.31. The highest BCUT2D eigenvalue weighted by Gasteiger charge is 2.33. The number of aromatic nitrogens is 5. The molecule has 0 saturated heterocycles. The molecule has 0 spiro atoms. The number of urea groups is 1. The maximum absolute atomic E-state index is 13.0. The molecule has 0 atom stereocenters. The molecule has 0 fully saturated rings. The van der Waals surface area contributed by atoms with Crippen molar-refractivity contribution in [2.45, 2.75) is 6.18 Å². The lowest BCUT2D eigenvalue weighted by molar-refractivity contribution is -0.137. The second kappa shape index (κ2) is 9.35. The molecule has 2 aromatic carbocycles. The van der Waals surface area contributed by atoms with Crippen LogP contribution in [0.25, 0.3) is 11.5 Å². The largest absolute Gasteiger partial charge is 0.439 e. The van der Waals surface area contributed by atoms with Crippen LogP contribution in [0, 0.1) is 0 Å². The lowest BCUT2D eigenvalue weighted by Gasteiger charge is -2.12. The van der Waals surface area contributed by atoms with E-state index in [-0.39, 0.29) is 11.6 Å². The van der Waals surface area contributed by atoms with Gasteiger partial charge in [0.25, 0.3) is 0 Å². The van der Waals surface area contributed by atoms with Gasteiger partial charge >= 0.3 is 12.2 Å². The SMILES string of the molecule is Cn1ncnc1-c1cc(Oc2ccc(NC(=O)Nc3ccc(Cl)c(C(F)(F)F)c3)cc2)ncn1. The fraction of sp³-hybridized carbons (Fsp3) is 0.0952. The van der Waals surface area contributed by atoms with Crippen LogP contribution in [0.3, 0.4) is 0 Å². The van der Waals surface area contributed by atoms with Gasteiger partial charge in [-0.3, -0.25) is 0 Å². The molecule has 2 aromatic heterocycles. The number of hydrogen-bond donors (Lipinski definition) is 2. The summed E-state index contributed by atoms with van der Waals surface area (Å²) < 4.78 is 46.2. The molecule has 0 bridgehead atoms. The summed E-state index contributed by atoms with van der Waals surface area (Å²) in [5.74, 6) is 1.25. The number of halogens is 4. The van der Waals surface area contributed by atoms with Crippen LogP contribution < -0.4 is 15.4 Å². The van der Waals surface area contributed by atoms with Gasteiger partial charge in [-0.2, -0.15) is 18.3 Å². The van der Waals surface area contributed by atoms with Crippen LogP contribution >= 0.6 is 11.6 Å². The predicted molar refractivity (Wildman–Crippen MR) is 118 cm³/mol. The van der Waals surface area contributed by atoms with Crippen molar-refractivity contribution in [2.75, 3.05) is 10.6 Å². The van der Waals surface area contributed by atoms with Crippen molar-refractivity contribution in [3.8, 4) is 23.1 Å². The standard InChI is InChI=1S/C21H15ClF3N7O2/c1-32-19(28-11-29-32)17-9-18(27-10-26-17)34-14-5-2-12(3-6-14)30-20(33)31-13-4-7-16(22)15(8-13)21(23,24)25/h2-11H,1H3,(H2,30,31,33). The summed E-state index contributed by atoms with van der Waals surface area (Å²) >= 11 is 5.59. The predicted octanol–water partition coefficient (Wildman–Crippen LogP) is 5.38. The molecule has 0 aliphatic heterocycles. The van der Waals surface area contributed by atoms with E-state index in [1.807, 2.05) is 0 Å². The number of benzene rings is 2. The molecule has 34 heavy (non-hydrogen) atoms. The van der Waals surface area contributed by atoms with Crippen LogP contribution in [0.5, 0.6) is 11.6 Å². The van der Waals surface area contributed by atoms with Crippen molar-refractivity contribution in [1.29, 1.82) is 0 Å². The highest BCUT2D eigenvalue weighted by atomic mass is 35.5. The monoisotopic (exact) mass is 489 g/mol. The van der Waals surface area contributed by atoms with Gasteiger partial charge in [0.05, 0.1) is 10.6 Å². The van der Waals surface area contributed by atoms with Gasteiger partial charge in [-0.15, -0.1) is 0 Å². The number of hydrogen-bond acceptors (Lipinski definition) is 6. The number of alkyl halides is 3. The summed E-state index contributed by atoms with van der Waals surface area (Å²) in [6.45, 7) is 0. The zero-order valence-electron chi connectivity index (χ0n) is 17.3. The Kier molecular flexibility index (Phi) is 6.32. The van der Waals surface area contributed by atoms with Gasteiger partial charge in [0, 0.05) is 24.5 Å². The van der Waals surface area contributed by atoms with Crippen LogP contribution in [0.15, 0.2) is 61.2 Å². The smallest absolute Gasteiger partial charge is 0.417 e. The maximum atomic E-state index is 13.0. The molecule has 4 rings (SSSR count).